The third kappa shape index (κ3) is 5.44. The first-order chi connectivity index (χ1) is 8.79. The van der Waals surface area contributed by atoms with Gasteiger partial charge in [0.25, 0.3) is 5.91 Å². The van der Waals surface area contributed by atoms with Crippen molar-refractivity contribution in [3.63, 3.8) is 0 Å². The van der Waals surface area contributed by atoms with E-state index in [2.05, 4.69) is 15.0 Å². The van der Waals surface area contributed by atoms with Gasteiger partial charge in [0.15, 0.2) is 0 Å². The molecule has 0 aliphatic carbocycles. The van der Waals surface area contributed by atoms with E-state index in [0.29, 0.717) is 0 Å². The number of carboxylic acid groups (broad SMARTS) is 1. The monoisotopic (exact) mass is 287 g/mol. The van der Waals surface area contributed by atoms with Crippen LogP contribution in [0.5, 0.6) is 0 Å². The van der Waals surface area contributed by atoms with Gasteiger partial charge in [0.05, 0.1) is 6.26 Å². The van der Waals surface area contributed by atoms with Crippen molar-refractivity contribution in [2.75, 3.05) is 19.3 Å². The third-order valence-electron chi connectivity index (χ3n) is 1.98. The molecule has 0 aliphatic heterocycles. The Morgan fingerprint density at radius 2 is 1.89 bits per heavy atom. The Hall–Kier alpha value is -2.00. The number of rotatable bonds is 6. The number of hydrogen-bond donors (Lipinski definition) is 3. The van der Waals surface area contributed by atoms with E-state index in [4.69, 9.17) is 5.11 Å². The lowest BCUT2D eigenvalue weighted by molar-refractivity contribution is 0.0690. The van der Waals surface area contributed by atoms with Crippen LogP contribution in [-0.2, 0) is 10.0 Å². The van der Waals surface area contributed by atoms with Gasteiger partial charge in [0.1, 0.15) is 11.4 Å². The Morgan fingerprint density at radius 1 is 1.26 bits per heavy atom. The fourth-order valence-electron chi connectivity index (χ4n) is 1.18. The zero-order valence-electron chi connectivity index (χ0n) is 10.1. The van der Waals surface area contributed by atoms with Gasteiger partial charge in [-0.1, -0.05) is 6.07 Å². The van der Waals surface area contributed by atoms with Crippen LogP contribution in [0.1, 0.15) is 21.0 Å². The topological polar surface area (TPSA) is 125 Å². The van der Waals surface area contributed by atoms with Crippen LogP contribution in [0.3, 0.4) is 0 Å². The highest BCUT2D eigenvalue weighted by Crippen LogP contribution is 1.99. The van der Waals surface area contributed by atoms with Crippen LogP contribution in [-0.4, -0.2) is 49.7 Å². The first-order valence-electron chi connectivity index (χ1n) is 5.23. The second-order valence-corrected chi connectivity index (χ2v) is 5.47. The van der Waals surface area contributed by atoms with Crippen molar-refractivity contribution in [1.82, 2.24) is 15.0 Å². The van der Waals surface area contributed by atoms with Gasteiger partial charge in [-0.15, -0.1) is 0 Å². The molecule has 0 aromatic carbocycles. The molecule has 1 rings (SSSR count). The van der Waals surface area contributed by atoms with Gasteiger partial charge in [-0.25, -0.2) is 22.9 Å². The average molecular weight is 287 g/mol. The molecule has 1 aromatic rings. The van der Waals surface area contributed by atoms with Gasteiger partial charge >= 0.3 is 5.97 Å². The van der Waals surface area contributed by atoms with Crippen LogP contribution in [0, 0.1) is 0 Å². The predicted molar refractivity (Wildman–Crippen MR) is 66.4 cm³/mol. The zero-order chi connectivity index (χ0) is 14.5. The molecule has 0 fully saturated rings. The van der Waals surface area contributed by atoms with Gasteiger partial charge in [-0.3, -0.25) is 4.79 Å². The molecule has 1 amide bonds. The van der Waals surface area contributed by atoms with Crippen LogP contribution in [0.25, 0.3) is 0 Å². The lowest BCUT2D eigenvalue weighted by Gasteiger charge is -2.05. The molecule has 0 spiro atoms. The second-order valence-electron chi connectivity index (χ2n) is 3.64. The number of pyridine rings is 1. The van der Waals surface area contributed by atoms with Crippen molar-refractivity contribution in [3.8, 4) is 0 Å². The van der Waals surface area contributed by atoms with Crippen LogP contribution >= 0.6 is 0 Å². The van der Waals surface area contributed by atoms with Crippen LogP contribution in [0.2, 0.25) is 0 Å². The molecule has 9 heteroatoms. The molecule has 3 N–H and O–H groups in total. The number of nitrogens with zero attached hydrogens (tertiary/aromatic N) is 1. The molecule has 0 saturated carbocycles. The van der Waals surface area contributed by atoms with E-state index in [9.17, 15) is 18.0 Å². The minimum absolute atomic E-state index is 0.0424. The number of sulfonamides is 1. The molecule has 0 unspecified atom stereocenters. The number of aromatic nitrogens is 1. The van der Waals surface area contributed by atoms with E-state index >= 15 is 0 Å². The first kappa shape index (κ1) is 15.1. The van der Waals surface area contributed by atoms with Crippen molar-refractivity contribution in [1.29, 1.82) is 0 Å². The number of carbonyl (C=O) groups is 2. The molecule has 0 radical (unpaired) electrons. The number of carbonyl (C=O) groups excluding carboxylic acids is 1. The predicted octanol–water partition coefficient (Wildman–Crippen LogP) is -0.941. The number of nitrogens with one attached hydrogen (secondary N) is 2. The molecule has 1 aromatic heterocycles. The van der Waals surface area contributed by atoms with Crippen LogP contribution in [0.4, 0.5) is 0 Å². The lowest BCUT2D eigenvalue weighted by Crippen LogP contribution is -2.34. The minimum Gasteiger partial charge on any atom is -0.477 e. The highest BCUT2D eigenvalue weighted by molar-refractivity contribution is 7.88. The lowest BCUT2D eigenvalue weighted by atomic mass is 10.3. The maximum absolute atomic E-state index is 11.6. The molecular weight excluding hydrogens is 274 g/mol. The van der Waals surface area contributed by atoms with Gasteiger partial charge in [0.2, 0.25) is 10.0 Å². The summed E-state index contributed by atoms with van der Waals surface area (Å²) in [7, 11) is -3.30. The molecular formula is C10H13N3O5S. The fourth-order valence-corrected chi connectivity index (χ4v) is 1.66. The molecule has 1 heterocycles. The summed E-state index contributed by atoms with van der Waals surface area (Å²) in [6, 6.07) is 4.04. The summed E-state index contributed by atoms with van der Waals surface area (Å²) in [5.41, 5.74) is -0.277. The molecule has 19 heavy (non-hydrogen) atoms. The van der Waals surface area contributed by atoms with Gasteiger partial charge in [-0.2, -0.15) is 0 Å². The highest BCUT2D eigenvalue weighted by atomic mass is 32.2. The van der Waals surface area contributed by atoms with Gasteiger partial charge in [0, 0.05) is 13.1 Å². The van der Waals surface area contributed by atoms with Crippen molar-refractivity contribution >= 4 is 21.9 Å². The summed E-state index contributed by atoms with van der Waals surface area (Å²) in [6.45, 7) is 0.119. The van der Waals surface area contributed by atoms with Crippen molar-refractivity contribution in [2.24, 2.45) is 0 Å². The molecule has 0 aliphatic rings. The Balaban J connectivity index is 2.54. The van der Waals surface area contributed by atoms with Crippen molar-refractivity contribution < 1.29 is 23.1 Å². The third-order valence-corrected chi connectivity index (χ3v) is 2.70. The number of hydrogen-bond acceptors (Lipinski definition) is 5. The maximum atomic E-state index is 11.6. The number of amides is 1. The molecule has 0 atom stereocenters. The van der Waals surface area contributed by atoms with E-state index in [0.717, 1.165) is 6.26 Å². The molecule has 8 nitrogen and oxygen atoms in total. The fraction of sp³-hybridized carbons (Fsp3) is 0.300. The maximum Gasteiger partial charge on any atom is 0.354 e. The summed E-state index contributed by atoms with van der Waals surface area (Å²) in [4.78, 5) is 25.9. The van der Waals surface area contributed by atoms with E-state index in [-0.39, 0.29) is 24.5 Å². The Morgan fingerprint density at radius 3 is 2.47 bits per heavy atom. The summed E-state index contributed by atoms with van der Waals surface area (Å²) >= 11 is 0. The minimum atomic E-state index is -3.30. The van der Waals surface area contributed by atoms with Crippen molar-refractivity contribution in [3.05, 3.63) is 29.6 Å². The molecule has 0 bridgehead atoms. The standard InChI is InChI=1S/C10H13N3O5S/c1-19(17,18)12-6-5-11-9(14)7-3-2-4-8(13-7)10(15)16/h2-4,12H,5-6H2,1H3,(H,11,14)(H,15,16). The van der Waals surface area contributed by atoms with Gasteiger partial charge < -0.3 is 10.4 Å². The Labute approximate surface area is 109 Å². The second kappa shape index (κ2) is 6.25. The van der Waals surface area contributed by atoms with E-state index in [1.54, 1.807) is 0 Å². The van der Waals surface area contributed by atoms with Gasteiger partial charge in [-0.05, 0) is 12.1 Å². The smallest absolute Gasteiger partial charge is 0.354 e. The van der Waals surface area contributed by atoms with E-state index in [1.165, 1.54) is 18.2 Å². The van der Waals surface area contributed by atoms with Crippen molar-refractivity contribution in [2.45, 2.75) is 0 Å². The van der Waals surface area contributed by atoms with E-state index < -0.39 is 21.9 Å². The SMILES string of the molecule is CS(=O)(=O)NCCNC(=O)c1cccc(C(=O)O)n1. The van der Waals surface area contributed by atoms with E-state index in [1.807, 2.05) is 0 Å². The normalized spacial score (nSPS) is 11.0. The van der Waals surface area contributed by atoms with Crippen LogP contribution < -0.4 is 10.0 Å². The Bertz CT molecular complexity index is 585. The summed E-state index contributed by atoms with van der Waals surface area (Å²) < 4.78 is 23.7. The van der Waals surface area contributed by atoms with Crippen LogP contribution in [0.15, 0.2) is 18.2 Å². The number of aromatic carboxylic acids is 1. The first-order valence-corrected chi connectivity index (χ1v) is 7.12. The summed E-state index contributed by atoms with van der Waals surface area (Å²) in [6.07, 6.45) is 1.01. The zero-order valence-corrected chi connectivity index (χ0v) is 10.9. The largest absolute Gasteiger partial charge is 0.477 e. The summed E-state index contributed by atoms with van der Waals surface area (Å²) in [5.74, 6) is -1.80. The quantitative estimate of drug-likeness (QED) is 0.580. The Kier molecular flexibility index (Phi) is 4.95. The highest BCUT2D eigenvalue weighted by Gasteiger charge is 2.10. The molecule has 104 valence electrons. The summed E-state index contributed by atoms with van der Waals surface area (Å²) in [5, 5.41) is 11.1. The molecule has 0 saturated heterocycles. The number of carboxylic acids is 1. The average Bonchev–Trinajstić information content (AvgIpc) is 2.33.